The van der Waals surface area contributed by atoms with Crippen LogP contribution in [0.2, 0.25) is 0 Å². The lowest BCUT2D eigenvalue weighted by Gasteiger charge is -2.40. The van der Waals surface area contributed by atoms with Crippen molar-refractivity contribution in [2.75, 3.05) is 7.11 Å². The number of fused-ring (bicyclic) bond motifs is 4. The number of aliphatic hydroxyl groups excluding tert-OH is 2. The van der Waals surface area contributed by atoms with Crippen LogP contribution in [-0.4, -0.2) is 22.4 Å². The first-order valence-corrected chi connectivity index (χ1v) is 8.81. The van der Waals surface area contributed by atoms with Crippen molar-refractivity contribution in [3.05, 3.63) is 46.2 Å². The average Bonchev–Trinajstić information content (AvgIpc) is 3.13. The molecule has 0 saturated heterocycles. The van der Waals surface area contributed by atoms with Crippen molar-refractivity contribution < 1.29 is 15.3 Å². The fraction of sp³-hybridized carbons (Fsp3) is 0.524. The Morgan fingerprint density at radius 3 is 2.25 bits per heavy atom. The van der Waals surface area contributed by atoms with Crippen LogP contribution < -0.4 is 0 Å². The summed E-state index contributed by atoms with van der Waals surface area (Å²) in [6, 6.07) is 4.04. The van der Waals surface area contributed by atoms with Gasteiger partial charge in [0, 0.05) is 18.1 Å². The number of aryl methyl sites for hydroxylation is 1. The zero-order valence-electron chi connectivity index (χ0n) is 15.1. The Balaban J connectivity index is 0.000000815. The summed E-state index contributed by atoms with van der Waals surface area (Å²) >= 11 is 0. The van der Waals surface area contributed by atoms with E-state index in [0.29, 0.717) is 11.5 Å². The van der Waals surface area contributed by atoms with Gasteiger partial charge in [-0.1, -0.05) is 26.7 Å². The van der Waals surface area contributed by atoms with E-state index in [0.717, 1.165) is 43.1 Å². The van der Waals surface area contributed by atoms with Gasteiger partial charge in [0.25, 0.3) is 0 Å². The number of aromatic hydroxyl groups is 1. The molecule has 1 spiro atoms. The van der Waals surface area contributed by atoms with Gasteiger partial charge in [0.1, 0.15) is 11.5 Å². The summed E-state index contributed by atoms with van der Waals surface area (Å²) in [6.07, 6.45) is 7.59. The normalized spacial score (nSPS) is 22.6. The van der Waals surface area contributed by atoms with Crippen molar-refractivity contribution in [2.45, 2.75) is 58.3 Å². The Labute approximate surface area is 144 Å². The quantitative estimate of drug-likeness (QED) is 0.643. The van der Waals surface area contributed by atoms with Crippen LogP contribution in [0.4, 0.5) is 0 Å². The van der Waals surface area contributed by atoms with Crippen molar-refractivity contribution >= 4 is 5.57 Å². The van der Waals surface area contributed by atoms with E-state index < -0.39 is 0 Å². The molecule has 0 aliphatic heterocycles. The highest BCUT2D eigenvalue weighted by molar-refractivity contribution is 5.90. The monoisotopic (exact) mass is 328 g/mol. The van der Waals surface area contributed by atoms with Gasteiger partial charge in [0.15, 0.2) is 0 Å². The molecule has 1 aromatic carbocycles. The molecule has 0 atom stereocenters. The summed E-state index contributed by atoms with van der Waals surface area (Å²) in [6.45, 7) is 6.53. The molecule has 0 heterocycles. The lowest BCUT2D eigenvalue weighted by Crippen LogP contribution is -2.32. The van der Waals surface area contributed by atoms with Gasteiger partial charge in [-0.2, -0.15) is 0 Å². The van der Waals surface area contributed by atoms with Gasteiger partial charge < -0.3 is 15.3 Å². The molecule has 0 radical (unpaired) electrons. The van der Waals surface area contributed by atoms with Crippen molar-refractivity contribution in [3.63, 3.8) is 0 Å². The van der Waals surface area contributed by atoms with Gasteiger partial charge in [-0.15, -0.1) is 0 Å². The molecular formula is C21H28O3. The van der Waals surface area contributed by atoms with Crippen molar-refractivity contribution in [1.29, 1.82) is 0 Å². The maximum Gasteiger partial charge on any atom is 0.119 e. The van der Waals surface area contributed by atoms with Gasteiger partial charge in [-0.25, -0.2) is 0 Å². The highest BCUT2D eigenvalue weighted by Gasteiger charge is 2.53. The third-order valence-corrected chi connectivity index (χ3v) is 6.05. The number of hydrogen-bond acceptors (Lipinski definition) is 3. The molecule has 130 valence electrons. The molecule has 24 heavy (non-hydrogen) atoms. The number of benzene rings is 1. The van der Waals surface area contributed by atoms with E-state index in [1.54, 1.807) is 0 Å². The molecule has 4 rings (SSSR count). The Hall–Kier alpha value is -1.74. The summed E-state index contributed by atoms with van der Waals surface area (Å²) in [7, 11) is 1.00. The SMILES string of the molecule is CO.Cc1cc2c(cc1O)C1(CCCC1)C1=C2C(O)=CCC1(C)C. The van der Waals surface area contributed by atoms with E-state index in [9.17, 15) is 10.2 Å². The second-order valence-electron chi connectivity index (χ2n) is 7.90. The topological polar surface area (TPSA) is 60.7 Å². The number of rotatable bonds is 0. The third-order valence-electron chi connectivity index (χ3n) is 6.05. The minimum Gasteiger partial charge on any atom is -0.508 e. The zero-order valence-corrected chi connectivity index (χ0v) is 15.1. The standard InChI is InChI=1S/C20H24O2.CH4O/c1-12-10-13-14(11-16(12)22)20(7-4-5-8-20)18-17(13)15(21)6-9-19(18,2)3;1-2/h6,10-11,21-22H,4-5,7-9H2,1-3H3;2H,1H3. The van der Waals surface area contributed by atoms with Crippen LogP contribution in [0.15, 0.2) is 29.5 Å². The summed E-state index contributed by atoms with van der Waals surface area (Å²) < 4.78 is 0. The molecule has 1 saturated carbocycles. The highest BCUT2D eigenvalue weighted by Crippen LogP contribution is 2.63. The Bertz CT molecular complexity index is 732. The number of allylic oxidation sites excluding steroid dienone is 3. The molecule has 3 aliphatic carbocycles. The summed E-state index contributed by atoms with van der Waals surface area (Å²) in [5, 5.41) is 27.9. The number of phenols is 1. The molecule has 0 amide bonds. The van der Waals surface area contributed by atoms with E-state index in [2.05, 4.69) is 19.9 Å². The maximum atomic E-state index is 10.6. The fourth-order valence-corrected chi connectivity index (χ4v) is 5.11. The Morgan fingerprint density at radius 2 is 1.62 bits per heavy atom. The lowest BCUT2D eigenvalue weighted by atomic mass is 9.63. The largest absolute Gasteiger partial charge is 0.508 e. The highest BCUT2D eigenvalue weighted by atomic mass is 16.3. The Morgan fingerprint density at radius 1 is 1.00 bits per heavy atom. The number of hydrogen-bond donors (Lipinski definition) is 3. The minimum absolute atomic E-state index is 0.0294. The first-order valence-electron chi connectivity index (χ1n) is 8.81. The minimum atomic E-state index is 0.0294. The van der Waals surface area contributed by atoms with Crippen LogP contribution in [-0.2, 0) is 5.41 Å². The second kappa shape index (κ2) is 5.66. The van der Waals surface area contributed by atoms with Crippen molar-refractivity contribution in [1.82, 2.24) is 0 Å². The molecule has 0 aromatic heterocycles. The average molecular weight is 328 g/mol. The van der Waals surface area contributed by atoms with Crippen LogP contribution in [0.1, 0.15) is 62.6 Å². The molecule has 3 nitrogen and oxygen atoms in total. The summed E-state index contributed by atoms with van der Waals surface area (Å²) in [4.78, 5) is 0. The summed E-state index contributed by atoms with van der Waals surface area (Å²) in [5.74, 6) is 0.815. The van der Waals surface area contributed by atoms with Crippen LogP contribution in [0.3, 0.4) is 0 Å². The van der Waals surface area contributed by atoms with E-state index in [-0.39, 0.29) is 10.8 Å². The third kappa shape index (κ3) is 2.14. The van der Waals surface area contributed by atoms with Gasteiger partial charge >= 0.3 is 0 Å². The van der Waals surface area contributed by atoms with Crippen molar-refractivity contribution in [2.24, 2.45) is 5.41 Å². The predicted molar refractivity (Wildman–Crippen MR) is 97.2 cm³/mol. The molecule has 3 heteroatoms. The molecular weight excluding hydrogens is 300 g/mol. The fourth-order valence-electron chi connectivity index (χ4n) is 5.11. The first-order chi connectivity index (χ1) is 11.4. The molecule has 0 bridgehead atoms. The van der Waals surface area contributed by atoms with E-state index in [1.807, 2.05) is 19.1 Å². The summed E-state index contributed by atoms with van der Waals surface area (Å²) in [5.41, 5.74) is 5.84. The first kappa shape index (κ1) is 17.1. The van der Waals surface area contributed by atoms with Crippen LogP contribution in [0.25, 0.3) is 5.57 Å². The number of phenolic OH excluding ortho intramolecular Hbond substituents is 1. The van der Waals surface area contributed by atoms with Crippen molar-refractivity contribution in [3.8, 4) is 5.75 Å². The van der Waals surface area contributed by atoms with Gasteiger partial charge in [0.2, 0.25) is 0 Å². The van der Waals surface area contributed by atoms with Crippen LogP contribution >= 0.6 is 0 Å². The maximum absolute atomic E-state index is 10.6. The van der Waals surface area contributed by atoms with Gasteiger partial charge in [-0.3, -0.25) is 0 Å². The lowest BCUT2D eigenvalue weighted by molar-refractivity contribution is 0.341. The molecule has 3 aliphatic rings. The van der Waals surface area contributed by atoms with Gasteiger partial charge in [-0.05, 0) is 72.1 Å². The predicted octanol–water partition coefficient (Wildman–Crippen LogP) is 4.76. The second-order valence-corrected chi connectivity index (χ2v) is 7.90. The van der Waals surface area contributed by atoms with E-state index >= 15 is 0 Å². The van der Waals surface area contributed by atoms with Gasteiger partial charge in [0.05, 0.1) is 0 Å². The number of aliphatic hydroxyl groups is 2. The van der Waals surface area contributed by atoms with E-state index in [1.165, 1.54) is 24.0 Å². The molecule has 1 fully saturated rings. The molecule has 1 aromatic rings. The zero-order chi connectivity index (χ0) is 17.7. The molecule has 3 N–H and O–H groups in total. The van der Waals surface area contributed by atoms with Crippen LogP contribution in [0, 0.1) is 12.3 Å². The smallest absolute Gasteiger partial charge is 0.119 e. The Kier molecular flexibility index (Phi) is 4.03. The van der Waals surface area contributed by atoms with Crippen LogP contribution in [0.5, 0.6) is 5.75 Å². The molecule has 0 unspecified atom stereocenters. The van der Waals surface area contributed by atoms with E-state index in [4.69, 9.17) is 5.11 Å².